The third-order valence-corrected chi connectivity index (χ3v) is 4.21. The summed E-state index contributed by atoms with van der Waals surface area (Å²) in [7, 11) is 0. The summed E-state index contributed by atoms with van der Waals surface area (Å²) in [4.78, 5) is 0. The molecule has 0 fully saturated rings. The molecule has 0 aliphatic heterocycles. The van der Waals surface area contributed by atoms with Crippen LogP contribution in [0.2, 0.25) is 0 Å². The van der Waals surface area contributed by atoms with Crippen molar-refractivity contribution in [2.75, 3.05) is 0 Å². The van der Waals surface area contributed by atoms with E-state index in [1.54, 1.807) is 0 Å². The minimum Gasteiger partial charge on any atom is -1.00 e. The summed E-state index contributed by atoms with van der Waals surface area (Å²) in [5, 5.41) is 0. The van der Waals surface area contributed by atoms with Crippen molar-refractivity contribution in [2.45, 2.75) is 19.8 Å². The number of hydrogen-bond acceptors (Lipinski definition) is 0. The molecule has 0 bridgehead atoms. The maximum Gasteiger partial charge on any atom is 2.00 e. The van der Waals surface area contributed by atoms with Crippen LogP contribution >= 0.6 is 0 Å². The molecular formula is C17H18Cl2Zr. The number of allylic oxidation sites excluding steroid dienone is 5. The quantitative estimate of drug-likeness (QED) is 0.587. The van der Waals surface area contributed by atoms with Crippen LogP contribution in [0.3, 0.4) is 0 Å². The average molecular weight is 384 g/mol. The van der Waals surface area contributed by atoms with E-state index in [4.69, 9.17) is 0 Å². The predicted octanol–water partition coefficient (Wildman–Crippen LogP) is -1.43. The molecule has 3 rings (SSSR count). The van der Waals surface area contributed by atoms with Gasteiger partial charge in [0.15, 0.2) is 0 Å². The zero-order valence-corrected chi connectivity index (χ0v) is 15.7. The van der Waals surface area contributed by atoms with Gasteiger partial charge in [0.05, 0.1) is 0 Å². The van der Waals surface area contributed by atoms with Gasteiger partial charge in [0, 0.05) is 11.8 Å². The topological polar surface area (TPSA) is 0 Å². The number of fused-ring (bicyclic) bond motifs is 1. The van der Waals surface area contributed by atoms with E-state index in [0.29, 0.717) is 11.8 Å². The first-order valence-corrected chi connectivity index (χ1v) is 6.32. The molecule has 20 heavy (non-hydrogen) atoms. The smallest absolute Gasteiger partial charge is 1.00 e. The molecule has 0 heterocycles. The largest absolute Gasteiger partial charge is 2.00 e. The van der Waals surface area contributed by atoms with E-state index in [9.17, 15) is 0 Å². The van der Waals surface area contributed by atoms with Gasteiger partial charge < -0.3 is 24.8 Å². The van der Waals surface area contributed by atoms with Crippen LogP contribution in [-0.2, 0) is 26.2 Å². The van der Waals surface area contributed by atoms with Crippen LogP contribution in [0.5, 0.6) is 0 Å². The Bertz CT molecular complexity index is 518. The first-order chi connectivity index (χ1) is 8.19. The van der Waals surface area contributed by atoms with Crippen molar-refractivity contribution in [3.05, 3.63) is 65.8 Å². The third kappa shape index (κ3) is 3.38. The molecule has 0 amide bonds. The minimum atomic E-state index is 0. The number of rotatable bonds is 2. The summed E-state index contributed by atoms with van der Waals surface area (Å²) >= 11 is 0. The van der Waals surface area contributed by atoms with Crippen molar-refractivity contribution >= 4 is 6.08 Å². The fourth-order valence-electron chi connectivity index (χ4n) is 3.03. The van der Waals surface area contributed by atoms with E-state index >= 15 is 0 Å². The molecule has 1 aromatic carbocycles. The molecule has 1 atom stereocenters. The third-order valence-electron chi connectivity index (χ3n) is 4.21. The van der Waals surface area contributed by atoms with Crippen molar-refractivity contribution < 1.29 is 51.0 Å². The average Bonchev–Trinajstić information content (AvgIpc) is 2.99. The molecule has 0 spiro atoms. The molecule has 0 radical (unpaired) electrons. The van der Waals surface area contributed by atoms with E-state index in [2.05, 4.69) is 74.6 Å². The Balaban J connectivity index is 0.00000120. The Morgan fingerprint density at radius 2 is 1.50 bits per heavy atom. The second-order valence-electron chi connectivity index (χ2n) is 5.58. The van der Waals surface area contributed by atoms with Crippen molar-refractivity contribution in [2.24, 2.45) is 11.3 Å². The summed E-state index contributed by atoms with van der Waals surface area (Å²) in [5.74, 6) is 1.07. The summed E-state index contributed by atoms with van der Waals surface area (Å²) in [5.41, 5.74) is 3.11. The van der Waals surface area contributed by atoms with E-state index < -0.39 is 0 Å². The van der Waals surface area contributed by atoms with Gasteiger partial charge in [-0.3, -0.25) is 0 Å². The number of benzene rings is 1. The Morgan fingerprint density at radius 1 is 0.900 bits per heavy atom. The van der Waals surface area contributed by atoms with Gasteiger partial charge in [0.1, 0.15) is 0 Å². The summed E-state index contributed by atoms with van der Waals surface area (Å²) in [6, 6.07) is 8.75. The number of hydrogen-bond donors (Lipinski definition) is 0. The van der Waals surface area contributed by atoms with Crippen molar-refractivity contribution in [3.8, 4) is 0 Å². The first-order valence-electron chi connectivity index (χ1n) is 6.32. The predicted molar refractivity (Wildman–Crippen MR) is 73.8 cm³/mol. The van der Waals surface area contributed by atoms with E-state index in [-0.39, 0.29) is 56.4 Å². The first kappa shape index (κ1) is 19.9. The van der Waals surface area contributed by atoms with Gasteiger partial charge in [-0.2, -0.15) is 0 Å². The number of halogens is 2. The van der Waals surface area contributed by atoms with Crippen LogP contribution < -0.4 is 24.8 Å². The maximum atomic E-state index is 2.37. The summed E-state index contributed by atoms with van der Waals surface area (Å²) in [6.07, 6.45) is 13.6. The molecule has 0 saturated carbocycles. The van der Waals surface area contributed by atoms with Gasteiger partial charge in [-0.05, 0) is 16.5 Å². The Morgan fingerprint density at radius 3 is 2.15 bits per heavy atom. The normalized spacial score (nSPS) is 19.0. The van der Waals surface area contributed by atoms with Crippen LogP contribution in [0.4, 0.5) is 0 Å². The molecule has 3 heteroatoms. The van der Waals surface area contributed by atoms with Crippen molar-refractivity contribution in [3.63, 3.8) is 0 Å². The second kappa shape index (κ2) is 7.78. The van der Waals surface area contributed by atoms with Gasteiger partial charge in [-0.1, -0.05) is 74.6 Å². The second-order valence-corrected chi connectivity index (χ2v) is 5.58. The van der Waals surface area contributed by atoms with Gasteiger partial charge in [0.25, 0.3) is 0 Å². The molecule has 104 valence electrons. The standard InChI is InChI=1S/C17H18.2ClH.Zr/c1-17(2,14-8-4-5-9-14)16-12-11-13-7-3-6-10-15(13)16;;;/h3-12,14,16H,1-2H3;2*1H;/q;;;+2/p-2. The molecule has 0 N–H and O–H groups in total. The molecule has 2 aliphatic rings. The monoisotopic (exact) mass is 382 g/mol. The molecule has 0 aromatic heterocycles. The van der Waals surface area contributed by atoms with Gasteiger partial charge in [0.2, 0.25) is 0 Å². The molecule has 0 saturated heterocycles. The minimum absolute atomic E-state index is 0. The van der Waals surface area contributed by atoms with Gasteiger partial charge in [-0.15, -0.1) is 0 Å². The Labute approximate surface area is 153 Å². The molecule has 1 unspecified atom stereocenters. The van der Waals surface area contributed by atoms with Crippen LogP contribution in [0.25, 0.3) is 6.08 Å². The molecule has 0 nitrogen and oxygen atoms in total. The summed E-state index contributed by atoms with van der Waals surface area (Å²) < 4.78 is 0. The zero-order valence-electron chi connectivity index (χ0n) is 11.7. The summed E-state index contributed by atoms with van der Waals surface area (Å²) in [6.45, 7) is 4.74. The van der Waals surface area contributed by atoms with E-state index in [1.165, 1.54) is 11.1 Å². The molecule has 1 aromatic rings. The van der Waals surface area contributed by atoms with Crippen molar-refractivity contribution in [1.82, 2.24) is 0 Å². The SMILES string of the molecule is CC(C)(C1C=CC=C1)C1C=Cc2ccccc21.[Cl-].[Cl-].[Zr+2]. The van der Waals surface area contributed by atoms with Crippen LogP contribution in [0.15, 0.2) is 54.6 Å². The molecule has 2 aliphatic carbocycles. The Hall–Kier alpha value is -0.0969. The van der Waals surface area contributed by atoms with Crippen LogP contribution in [-0.4, -0.2) is 0 Å². The maximum absolute atomic E-state index is 2.37. The fraction of sp³-hybridized carbons (Fsp3) is 0.294. The van der Waals surface area contributed by atoms with Gasteiger partial charge in [-0.25, -0.2) is 0 Å². The zero-order chi connectivity index (χ0) is 11.9. The van der Waals surface area contributed by atoms with E-state index in [0.717, 1.165) is 0 Å². The van der Waals surface area contributed by atoms with Crippen molar-refractivity contribution in [1.29, 1.82) is 0 Å². The van der Waals surface area contributed by atoms with E-state index in [1.807, 2.05) is 0 Å². The van der Waals surface area contributed by atoms with Crippen LogP contribution in [0, 0.1) is 11.3 Å². The van der Waals surface area contributed by atoms with Crippen LogP contribution in [0.1, 0.15) is 30.9 Å². The van der Waals surface area contributed by atoms with Gasteiger partial charge >= 0.3 is 26.2 Å². The Kier molecular flexibility index (Phi) is 7.74. The fourth-order valence-corrected chi connectivity index (χ4v) is 3.03. The molecular weight excluding hydrogens is 366 g/mol.